The highest BCUT2D eigenvalue weighted by molar-refractivity contribution is 5.97. The predicted molar refractivity (Wildman–Crippen MR) is 101 cm³/mol. The number of hydrogen-bond acceptors (Lipinski definition) is 6. The lowest BCUT2D eigenvalue weighted by molar-refractivity contribution is -0.384. The average Bonchev–Trinajstić information content (AvgIpc) is 2.67. The monoisotopic (exact) mass is 385 g/mol. The number of carbonyl (C=O) groups excluding carboxylic acids is 3. The summed E-state index contributed by atoms with van der Waals surface area (Å²) in [4.78, 5) is 46.4. The number of nitro groups is 1. The summed E-state index contributed by atoms with van der Waals surface area (Å²) >= 11 is 0. The fourth-order valence-corrected chi connectivity index (χ4v) is 2.27. The van der Waals surface area contributed by atoms with Crippen molar-refractivity contribution in [2.45, 2.75) is 19.9 Å². The molecule has 2 rings (SSSR count). The number of rotatable bonds is 7. The molecule has 1 unspecified atom stereocenters. The van der Waals surface area contributed by atoms with Gasteiger partial charge in [-0.15, -0.1) is 0 Å². The van der Waals surface area contributed by atoms with Crippen molar-refractivity contribution in [2.75, 3.05) is 11.9 Å². The lowest BCUT2D eigenvalue weighted by Gasteiger charge is -2.13. The van der Waals surface area contributed by atoms with Gasteiger partial charge in [-0.3, -0.25) is 19.7 Å². The van der Waals surface area contributed by atoms with E-state index in [1.54, 1.807) is 43.3 Å². The number of aryl methyl sites for hydroxylation is 1. The van der Waals surface area contributed by atoms with E-state index in [-0.39, 0.29) is 11.4 Å². The van der Waals surface area contributed by atoms with E-state index in [1.165, 1.54) is 19.1 Å². The molecular formula is C19H19N3O6. The fraction of sp³-hybridized carbons (Fsp3) is 0.211. The number of nitrogens with one attached hydrogen (secondary N) is 2. The molecule has 0 aromatic heterocycles. The van der Waals surface area contributed by atoms with Crippen LogP contribution < -0.4 is 10.6 Å². The van der Waals surface area contributed by atoms with Crippen LogP contribution in [-0.4, -0.2) is 35.4 Å². The summed E-state index contributed by atoms with van der Waals surface area (Å²) in [6, 6.07) is 11.7. The Morgan fingerprint density at radius 1 is 1.14 bits per heavy atom. The van der Waals surface area contributed by atoms with Crippen LogP contribution in [0.5, 0.6) is 0 Å². The first kappa shape index (κ1) is 20.6. The van der Waals surface area contributed by atoms with Gasteiger partial charge in [-0.1, -0.05) is 24.3 Å². The Morgan fingerprint density at radius 2 is 1.82 bits per heavy atom. The molecule has 28 heavy (non-hydrogen) atoms. The third-order valence-corrected chi connectivity index (χ3v) is 3.71. The van der Waals surface area contributed by atoms with Gasteiger partial charge in [0.05, 0.1) is 4.92 Å². The lowest BCUT2D eigenvalue weighted by Crippen LogP contribution is -2.40. The molecule has 146 valence electrons. The molecule has 2 N–H and O–H groups in total. The minimum Gasteiger partial charge on any atom is -0.454 e. The number of carbonyl (C=O) groups is 3. The molecule has 0 aliphatic rings. The van der Waals surface area contributed by atoms with E-state index in [1.807, 2.05) is 0 Å². The molecule has 2 amide bonds. The number of nitro benzene ring substituents is 1. The molecule has 0 bridgehead atoms. The molecule has 0 aliphatic heterocycles. The van der Waals surface area contributed by atoms with Crippen LogP contribution in [0.3, 0.4) is 0 Å². The number of amides is 2. The highest BCUT2D eigenvalue weighted by Gasteiger charge is 2.20. The Kier molecular flexibility index (Phi) is 6.80. The second-order valence-corrected chi connectivity index (χ2v) is 5.99. The molecule has 0 fully saturated rings. The molecule has 1 atom stereocenters. The standard InChI is InChI=1S/C19H19N3O6/c1-12-8-9-15(16(10-12)22(26)27)21-17(23)11-28-19(25)13(2)20-18(24)14-6-4-3-5-7-14/h3-10,13H,11H2,1-2H3,(H,20,24)(H,21,23). The van der Waals surface area contributed by atoms with Crippen LogP contribution in [0.15, 0.2) is 48.5 Å². The SMILES string of the molecule is Cc1ccc(NC(=O)COC(=O)C(C)NC(=O)c2ccccc2)c([N+](=O)[O-])c1. The largest absolute Gasteiger partial charge is 0.454 e. The quantitative estimate of drug-likeness (QED) is 0.427. The minimum atomic E-state index is -0.978. The van der Waals surface area contributed by atoms with Gasteiger partial charge in [0.15, 0.2) is 6.61 Å². The summed E-state index contributed by atoms with van der Waals surface area (Å²) in [7, 11) is 0. The first-order valence-electron chi connectivity index (χ1n) is 8.35. The number of anilines is 1. The summed E-state index contributed by atoms with van der Waals surface area (Å²) < 4.78 is 4.86. The van der Waals surface area contributed by atoms with Crippen LogP contribution in [-0.2, 0) is 14.3 Å². The number of esters is 1. The van der Waals surface area contributed by atoms with Crippen molar-refractivity contribution in [3.05, 3.63) is 69.8 Å². The maximum atomic E-state index is 12.0. The Hall–Kier alpha value is -3.75. The molecule has 0 saturated heterocycles. The molecular weight excluding hydrogens is 366 g/mol. The van der Waals surface area contributed by atoms with E-state index in [0.717, 1.165) is 0 Å². The van der Waals surface area contributed by atoms with Crippen molar-refractivity contribution in [1.82, 2.24) is 5.32 Å². The van der Waals surface area contributed by atoms with E-state index in [9.17, 15) is 24.5 Å². The van der Waals surface area contributed by atoms with Crippen molar-refractivity contribution in [3.8, 4) is 0 Å². The van der Waals surface area contributed by atoms with E-state index in [4.69, 9.17) is 4.74 Å². The maximum Gasteiger partial charge on any atom is 0.328 e. The fourth-order valence-electron chi connectivity index (χ4n) is 2.27. The smallest absolute Gasteiger partial charge is 0.328 e. The second kappa shape index (κ2) is 9.26. The number of nitrogens with zero attached hydrogens (tertiary/aromatic N) is 1. The topological polar surface area (TPSA) is 128 Å². The van der Waals surface area contributed by atoms with Gasteiger partial charge in [0.1, 0.15) is 11.7 Å². The molecule has 9 heteroatoms. The molecule has 0 saturated carbocycles. The molecule has 0 aliphatic carbocycles. The molecule has 0 heterocycles. The zero-order chi connectivity index (χ0) is 20.7. The first-order valence-corrected chi connectivity index (χ1v) is 8.35. The molecule has 2 aromatic rings. The van der Waals surface area contributed by atoms with Gasteiger partial charge in [-0.05, 0) is 37.6 Å². The Balaban J connectivity index is 1.88. The Bertz CT molecular complexity index is 898. The zero-order valence-electron chi connectivity index (χ0n) is 15.3. The molecule has 0 radical (unpaired) electrons. The Morgan fingerprint density at radius 3 is 2.46 bits per heavy atom. The van der Waals surface area contributed by atoms with Crippen LogP contribution in [0.25, 0.3) is 0 Å². The van der Waals surface area contributed by atoms with Gasteiger partial charge < -0.3 is 15.4 Å². The van der Waals surface area contributed by atoms with Crippen LogP contribution in [0.1, 0.15) is 22.8 Å². The maximum absolute atomic E-state index is 12.0. The van der Waals surface area contributed by atoms with Crippen molar-refractivity contribution in [3.63, 3.8) is 0 Å². The van der Waals surface area contributed by atoms with E-state index in [2.05, 4.69) is 10.6 Å². The van der Waals surface area contributed by atoms with Gasteiger partial charge in [0.25, 0.3) is 17.5 Å². The average molecular weight is 385 g/mol. The van der Waals surface area contributed by atoms with Crippen molar-refractivity contribution >= 4 is 29.2 Å². The summed E-state index contributed by atoms with van der Waals surface area (Å²) in [6.07, 6.45) is 0. The lowest BCUT2D eigenvalue weighted by atomic mass is 10.2. The van der Waals surface area contributed by atoms with Crippen molar-refractivity contribution in [2.24, 2.45) is 0 Å². The molecule has 2 aromatic carbocycles. The third-order valence-electron chi connectivity index (χ3n) is 3.71. The van der Waals surface area contributed by atoms with E-state index in [0.29, 0.717) is 11.1 Å². The third kappa shape index (κ3) is 5.63. The predicted octanol–water partition coefficient (Wildman–Crippen LogP) is 2.20. The molecule has 9 nitrogen and oxygen atoms in total. The van der Waals surface area contributed by atoms with Gasteiger partial charge in [0, 0.05) is 11.6 Å². The minimum absolute atomic E-state index is 0.00192. The van der Waals surface area contributed by atoms with Crippen molar-refractivity contribution in [1.29, 1.82) is 0 Å². The van der Waals surface area contributed by atoms with E-state index >= 15 is 0 Å². The molecule has 0 spiro atoms. The van der Waals surface area contributed by atoms with Gasteiger partial charge in [-0.2, -0.15) is 0 Å². The highest BCUT2D eigenvalue weighted by Crippen LogP contribution is 2.25. The van der Waals surface area contributed by atoms with Crippen LogP contribution in [0.2, 0.25) is 0 Å². The highest BCUT2D eigenvalue weighted by atomic mass is 16.6. The normalized spacial score (nSPS) is 11.2. The first-order chi connectivity index (χ1) is 13.3. The van der Waals surface area contributed by atoms with Gasteiger partial charge in [-0.25, -0.2) is 4.79 Å². The van der Waals surface area contributed by atoms with Gasteiger partial charge >= 0.3 is 5.97 Å². The summed E-state index contributed by atoms with van der Waals surface area (Å²) in [6.45, 7) is 2.47. The number of ether oxygens (including phenoxy) is 1. The van der Waals surface area contributed by atoms with Crippen LogP contribution in [0, 0.1) is 17.0 Å². The summed E-state index contributed by atoms with van der Waals surface area (Å²) in [5, 5.41) is 15.9. The Labute approximate surface area is 160 Å². The van der Waals surface area contributed by atoms with E-state index < -0.39 is 35.4 Å². The summed E-state index contributed by atoms with van der Waals surface area (Å²) in [5.41, 5.74) is 0.788. The van der Waals surface area contributed by atoms with Crippen LogP contribution >= 0.6 is 0 Å². The van der Waals surface area contributed by atoms with Crippen molar-refractivity contribution < 1.29 is 24.0 Å². The number of hydrogen-bond donors (Lipinski definition) is 2. The van der Waals surface area contributed by atoms with Gasteiger partial charge in [0.2, 0.25) is 0 Å². The number of benzene rings is 2. The van der Waals surface area contributed by atoms with Crippen LogP contribution in [0.4, 0.5) is 11.4 Å². The second-order valence-electron chi connectivity index (χ2n) is 5.99. The zero-order valence-corrected chi connectivity index (χ0v) is 15.3. The summed E-state index contributed by atoms with van der Waals surface area (Å²) in [5.74, 6) is -2.00.